The van der Waals surface area contributed by atoms with Gasteiger partial charge in [0.2, 0.25) is 0 Å². The molecule has 4 heteroatoms. The van der Waals surface area contributed by atoms with Gasteiger partial charge in [-0.15, -0.1) is 0 Å². The van der Waals surface area contributed by atoms with Crippen molar-refractivity contribution in [1.29, 1.82) is 0 Å². The second kappa shape index (κ2) is 14.3. The molecule has 1 aliphatic heterocycles. The molecule has 1 atom stereocenters. The summed E-state index contributed by atoms with van der Waals surface area (Å²) in [5.74, 6) is 0. The molecule has 0 amide bonds. The summed E-state index contributed by atoms with van der Waals surface area (Å²) in [6.45, 7) is 8.03. The van der Waals surface area contributed by atoms with Crippen LogP contribution in [0.3, 0.4) is 0 Å². The zero-order valence-corrected chi connectivity index (χ0v) is 28.1. The van der Waals surface area contributed by atoms with Gasteiger partial charge in [0.15, 0.2) is 0 Å². The Morgan fingerprint density at radius 2 is 1.29 bits per heavy atom. The Labute approximate surface area is 264 Å². The largest absolute Gasteiger partial charge is 0.381 e. The van der Waals surface area contributed by atoms with E-state index in [0.29, 0.717) is 0 Å². The first kappa shape index (κ1) is 31.0. The third-order valence-electron chi connectivity index (χ3n) is 9.57. The lowest BCUT2D eigenvalue weighted by molar-refractivity contribution is -0.150. The molecule has 0 aromatic heterocycles. The first-order valence-corrected chi connectivity index (χ1v) is 17.5. The maximum atomic E-state index is 6.09. The standard InChI is InChI=1S/C37H46Br2O2/c1-3-5-6-9-20-37(21-10-7-8-11-22-40-25-36(4-2)26-41-27-36)34-23-29(28-12-15-30(38)16-13-28)14-18-32(34)33-19-17-31(39)24-35(33)37/h12-19,23-24H,3-11,20-22,25-27H2,1-2H3. The summed E-state index contributed by atoms with van der Waals surface area (Å²) in [7, 11) is 0. The normalized spacial score (nSPS) is 18.6. The maximum Gasteiger partial charge on any atom is 0.0566 e. The van der Waals surface area contributed by atoms with Gasteiger partial charge in [-0.05, 0) is 89.4 Å². The van der Waals surface area contributed by atoms with Crippen LogP contribution in [0.25, 0.3) is 22.3 Å². The molecular formula is C37H46Br2O2. The van der Waals surface area contributed by atoms with Crippen LogP contribution in [0, 0.1) is 5.41 Å². The van der Waals surface area contributed by atoms with Crippen molar-refractivity contribution in [2.45, 2.75) is 89.9 Å². The highest BCUT2D eigenvalue weighted by atomic mass is 79.9. The number of rotatable bonds is 16. The summed E-state index contributed by atoms with van der Waals surface area (Å²) in [5.41, 5.74) is 8.90. The fraction of sp³-hybridized carbons (Fsp3) is 0.514. The average Bonchev–Trinajstić information content (AvgIpc) is 3.22. The van der Waals surface area contributed by atoms with Crippen molar-refractivity contribution >= 4 is 31.9 Å². The van der Waals surface area contributed by atoms with Crippen LogP contribution in [0.5, 0.6) is 0 Å². The van der Waals surface area contributed by atoms with Crippen LogP contribution in [-0.2, 0) is 14.9 Å². The lowest BCUT2D eigenvalue weighted by Crippen LogP contribution is -2.45. The molecule has 2 nitrogen and oxygen atoms in total. The Morgan fingerprint density at radius 1 is 0.683 bits per heavy atom. The molecule has 1 heterocycles. The predicted octanol–water partition coefficient (Wildman–Crippen LogP) is 11.5. The minimum absolute atomic E-state index is 0.0712. The number of ether oxygens (including phenoxy) is 2. The molecule has 41 heavy (non-hydrogen) atoms. The maximum absolute atomic E-state index is 6.09. The second-order valence-electron chi connectivity index (χ2n) is 12.4. The summed E-state index contributed by atoms with van der Waals surface area (Å²) in [6.07, 6.45) is 13.6. The molecule has 1 aliphatic carbocycles. The van der Waals surface area contributed by atoms with E-state index in [2.05, 4.69) is 106 Å². The minimum atomic E-state index is 0.0712. The second-order valence-corrected chi connectivity index (χ2v) is 14.2. The Bertz CT molecular complexity index is 1280. The molecular weight excluding hydrogens is 636 g/mol. The number of fused-ring (bicyclic) bond motifs is 3. The van der Waals surface area contributed by atoms with Crippen molar-refractivity contribution in [2.75, 3.05) is 26.4 Å². The Hall–Kier alpha value is -1.46. The average molecular weight is 683 g/mol. The first-order chi connectivity index (χ1) is 20.0. The topological polar surface area (TPSA) is 18.5 Å². The van der Waals surface area contributed by atoms with Crippen molar-refractivity contribution in [3.05, 3.63) is 80.7 Å². The molecule has 3 aromatic carbocycles. The van der Waals surface area contributed by atoms with Crippen molar-refractivity contribution in [2.24, 2.45) is 5.41 Å². The van der Waals surface area contributed by atoms with Gasteiger partial charge >= 0.3 is 0 Å². The molecule has 220 valence electrons. The van der Waals surface area contributed by atoms with Crippen LogP contribution in [0.4, 0.5) is 0 Å². The van der Waals surface area contributed by atoms with Gasteiger partial charge < -0.3 is 9.47 Å². The zero-order valence-electron chi connectivity index (χ0n) is 25.0. The molecule has 1 fully saturated rings. The van der Waals surface area contributed by atoms with Gasteiger partial charge in [-0.1, -0.05) is 121 Å². The van der Waals surface area contributed by atoms with Gasteiger partial charge in [0, 0.05) is 26.4 Å². The van der Waals surface area contributed by atoms with E-state index in [9.17, 15) is 0 Å². The third-order valence-corrected chi connectivity index (χ3v) is 10.6. The van der Waals surface area contributed by atoms with Gasteiger partial charge in [-0.2, -0.15) is 0 Å². The summed E-state index contributed by atoms with van der Waals surface area (Å²) >= 11 is 7.44. The van der Waals surface area contributed by atoms with E-state index in [0.717, 1.165) is 43.7 Å². The molecule has 0 N–H and O–H groups in total. The number of unbranched alkanes of at least 4 members (excludes halogenated alkanes) is 6. The molecule has 0 spiro atoms. The van der Waals surface area contributed by atoms with E-state index in [1.54, 1.807) is 5.56 Å². The van der Waals surface area contributed by atoms with Gasteiger partial charge in [-0.25, -0.2) is 0 Å². The third kappa shape index (κ3) is 7.03. The van der Waals surface area contributed by atoms with E-state index < -0.39 is 0 Å². The van der Waals surface area contributed by atoms with E-state index in [1.807, 2.05) is 0 Å². The van der Waals surface area contributed by atoms with Crippen LogP contribution < -0.4 is 0 Å². The lowest BCUT2D eigenvalue weighted by Gasteiger charge is -2.40. The fourth-order valence-corrected chi connectivity index (χ4v) is 7.49. The van der Waals surface area contributed by atoms with Crippen LogP contribution >= 0.6 is 31.9 Å². The molecule has 0 radical (unpaired) electrons. The number of hydrogen-bond acceptors (Lipinski definition) is 2. The fourth-order valence-electron chi connectivity index (χ4n) is 6.86. The van der Waals surface area contributed by atoms with Crippen molar-refractivity contribution < 1.29 is 9.47 Å². The van der Waals surface area contributed by atoms with E-state index in [1.165, 1.54) is 90.1 Å². The van der Waals surface area contributed by atoms with Gasteiger partial charge in [0.1, 0.15) is 0 Å². The zero-order chi connectivity index (χ0) is 28.7. The predicted molar refractivity (Wildman–Crippen MR) is 180 cm³/mol. The number of benzene rings is 3. The Balaban J connectivity index is 1.33. The van der Waals surface area contributed by atoms with Crippen LogP contribution in [-0.4, -0.2) is 26.4 Å². The quantitative estimate of drug-likeness (QED) is 0.140. The Morgan fingerprint density at radius 3 is 1.95 bits per heavy atom. The molecule has 1 saturated heterocycles. The smallest absolute Gasteiger partial charge is 0.0566 e. The van der Waals surface area contributed by atoms with Gasteiger partial charge in [-0.3, -0.25) is 0 Å². The van der Waals surface area contributed by atoms with Crippen molar-refractivity contribution in [3.63, 3.8) is 0 Å². The highest BCUT2D eigenvalue weighted by molar-refractivity contribution is 9.10. The summed E-state index contributed by atoms with van der Waals surface area (Å²) in [5, 5.41) is 0. The number of halogens is 2. The van der Waals surface area contributed by atoms with Crippen LogP contribution in [0.15, 0.2) is 69.6 Å². The first-order valence-electron chi connectivity index (χ1n) is 15.9. The van der Waals surface area contributed by atoms with Crippen LogP contribution in [0.2, 0.25) is 0 Å². The molecule has 0 saturated carbocycles. The summed E-state index contributed by atoms with van der Waals surface area (Å²) < 4.78 is 13.8. The number of hydrogen-bond donors (Lipinski definition) is 0. The molecule has 2 aliphatic rings. The molecule has 3 aromatic rings. The molecule has 1 unspecified atom stereocenters. The lowest BCUT2D eigenvalue weighted by atomic mass is 9.70. The highest BCUT2D eigenvalue weighted by Crippen LogP contribution is 2.55. The van der Waals surface area contributed by atoms with E-state index >= 15 is 0 Å². The Kier molecular flexibility index (Phi) is 10.8. The van der Waals surface area contributed by atoms with Crippen LogP contribution in [0.1, 0.15) is 95.6 Å². The highest BCUT2D eigenvalue weighted by Gasteiger charge is 2.42. The SMILES string of the molecule is CCCCCCC1(CCCCCCOCC2(CC)COC2)c2cc(Br)ccc2-c2ccc(-c3ccc(Br)cc3)cc21. The van der Waals surface area contributed by atoms with E-state index in [-0.39, 0.29) is 10.8 Å². The molecule has 0 bridgehead atoms. The van der Waals surface area contributed by atoms with E-state index in [4.69, 9.17) is 9.47 Å². The monoisotopic (exact) mass is 680 g/mol. The molecule has 5 rings (SSSR count). The van der Waals surface area contributed by atoms with Crippen molar-refractivity contribution in [3.8, 4) is 22.3 Å². The van der Waals surface area contributed by atoms with Gasteiger partial charge in [0.25, 0.3) is 0 Å². The summed E-state index contributed by atoms with van der Waals surface area (Å²) in [6, 6.07) is 23.0. The van der Waals surface area contributed by atoms with Gasteiger partial charge in [0.05, 0.1) is 19.8 Å². The summed E-state index contributed by atoms with van der Waals surface area (Å²) in [4.78, 5) is 0. The van der Waals surface area contributed by atoms with Crippen molar-refractivity contribution in [1.82, 2.24) is 0 Å². The minimum Gasteiger partial charge on any atom is -0.381 e.